The Balaban J connectivity index is 2.35. The summed E-state index contributed by atoms with van der Waals surface area (Å²) in [7, 11) is 1.84. The number of carbonyl (C=O) groups excluding carboxylic acids is 1. The molecule has 1 aliphatic rings. The Bertz CT molecular complexity index is 555. The van der Waals surface area contributed by atoms with Crippen molar-refractivity contribution in [1.29, 1.82) is 0 Å². The molecule has 1 N–H and O–H groups in total. The summed E-state index contributed by atoms with van der Waals surface area (Å²) in [4.78, 5) is 17.7. The van der Waals surface area contributed by atoms with Crippen LogP contribution in [0.15, 0.2) is 29.3 Å². The van der Waals surface area contributed by atoms with Crippen LogP contribution in [0.3, 0.4) is 0 Å². The topological polar surface area (TPSA) is 52.9 Å². The smallest absolute Gasteiger partial charge is 0.166 e. The molecule has 2 rings (SSSR count). The average Bonchev–Trinajstić information content (AvgIpc) is 2.55. The van der Waals surface area contributed by atoms with Crippen molar-refractivity contribution in [3.63, 3.8) is 0 Å². The Hall–Kier alpha value is -1.33. The van der Waals surface area contributed by atoms with Gasteiger partial charge < -0.3 is 10.0 Å². The molecule has 0 saturated carbocycles. The first-order valence-corrected chi connectivity index (χ1v) is 7.49. The molecule has 0 spiro atoms. The zero-order valence-corrected chi connectivity index (χ0v) is 13.1. The lowest BCUT2D eigenvalue weighted by molar-refractivity contribution is -0.116. The van der Waals surface area contributed by atoms with Gasteiger partial charge in [-0.15, -0.1) is 0 Å². The number of Topliss-reactive ketones (excluding diaryl/α,β-unsaturated/α-hetero) is 1. The third-order valence-electron chi connectivity index (χ3n) is 3.67. The van der Waals surface area contributed by atoms with Crippen LogP contribution in [0.1, 0.15) is 26.3 Å². The highest BCUT2D eigenvalue weighted by Crippen LogP contribution is 2.38. The standard InChI is InChI=1S/C15H20N2O2S/c1-10(18)9-12-7-5-6-8-13(12)16-14-17(4)15(3,19)11(2)20-14/h5-8,11,19H,9H2,1-4H3. The van der Waals surface area contributed by atoms with Gasteiger partial charge in [0.15, 0.2) is 5.17 Å². The summed E-state index contributed by atoms with van der Waals surface area (Å²) in [5.41, 5.74) is 0.807. The predicted molar refractivity (Wildman–Crippen MR) is 83.4 cm³/mol. The number of carbonyl (C=O) groups is 1. The number of amidine groups is 1. The number of aliphatic hydroxyl groups is 1. The fourth-order valence-electron chi connectivity index (χ4n) is 2.06. The van der Waals surface area contributed by atoms with E-state index in [1.807, 2.05) is 38.2 Å². The van der Waals surface area contributed by atoms with E-state index < -0.39 is 5.72 Å². The van der Waals surface area contributed by atoms with Crippen LogP contribution in [-0.2, 0) is 11.2 Å². The molecule has 0 radical (unpaired) electrons. The predicted octanol–water partition coefficient (Wildman–Crippen LogP) is 2.58. The van der Waals surface area contributed by atoms with Crippen molar-refractivity contribution in [2.45, 2.75) is 38.2 Å². The molecule has 2 unspecified atom stereocenters. The number of nitrogens with zero attached hydrogens (tertiary/aromatic N) is 2. The zero-order valence-electron chi connectivity index (χ0n) is 12.3. The van der Waals surface area contributed by atoms with Crippen molar-refractivity contribution in [3.05, 3.63) is 29.8 Å². The second-order valence-electron chi connectivity index (χ2n) is 5.32. The van der Waals surface area contributed by atoms with Crippen LogP contribution < -0.4 is 0 Å². The van der Waals surface area contributed by atoms with E-state index >= 15 is 0 Å². The molecule has 5 heteroatoms. The number of thioether (sulfide) groups is 1. The minimum Gasteiger partial charge on any atom is -0.370 e. The van der Waals surface area contributed by atoms with Crippen molar-refractivity contribution >= 4 is 28.4 Å². The highest BCUT2D eigenvalue weighted by molar-refractivity contribution is 8.14. The minimum atomic E-state index is -0.904. The van der Waals surface area contributed by atoms with E-state index in [1.54, 1.807) is 30.5 Å². The van der Waals surface area contributed by atoms with Crippen LogP contribution in [0.5, 0.6) is 0 Å². The molecule has 0 aliphatic carbocycles. The fraction of sp³-hybridized carbons (Fsp3) is 0.467. The number of rotatable bonds is 3. The Kier molecular flexibility index (Phi) is 4.20. The van der Waals surface area contributed by atoms with Crippen LogP contribution in [-0.4, -0.2) is 39.0 Å². The van der Waals surface area contributed by atoms with Gasteiger partial charge in [-0.3, -0.25) is 4.79 Å². The minimum absolute atomic E-state index is 0.0474. The SMILES string of the molecule is CC(=O)Cc1ccccc1N=C1SC(C)C(C)(O)N1C. The Morgan fingerprint density at radius 3 is 2.70 bits per heavy atom. The van der Waals surface area contributed by atoms with Gasteiger partial charge in [0.05, 0.1) is 10.9 Å². The molecule has 1 heterocycles. The molecule has 0 amide bonds. The molecule has 20 heavy (non-hydrogen) atoms. The second-order valence-corrected chi connectivity index (χ2v) is 6.62. The quantitative estimate of drug-likeness (QED) is 0.930. The maximum Gasteiger partial charge on any atom is 0.166 e. The zero-order chi connectivity index (χ0) is 14.9. The lowest BCUT2D eigenvalue weighted by Gasteiger charge is -2.29. The summed E-state index contributed by atoms with van der Waals surface area (Å²) in [6.45, 7) is 5.34. The third kappa shape index (κ3) is 2.88. The van der Waals surface area contributed by atoms with Gasteiger partial charge >= 0.3 is 0 Å². The molecule has 2 atom stereocenters. The Labute approximate surface area is 123 Å². The highest BCUT2D eigenvalue weighted by Gasteiger charge is 2.43. The first kappa shape index (κ1) is 15.1. The van der Waals surface area contributed by atoms with Gasteiger partial charge in [0, 0.05) is 13.5 Å². The summed E-state index contributed by atoms with van der Waals surface area (Å²) in [6.07, 6.45) is 0.382. The molecule has 1 aromatic rings. The van der Waals surface area contributed by atoms with Gasteiger partial charge in [-0.1, -0.05) is 30.0 Å². The van der Waals surface area contributed by atoms with Gasteiger partial charge in [0.2, 0.25) is 0 Å². The van der Waals surface area contributed by atoms with E-state index in [1.165, 1.54) is 0 Å². The van der Waals surface area contributed by atoms with E-state index in [4.69, 9.17) is 0 Å². The van der Waals surface area contributed by atoms with Crippen LogP contribution >= 0.6 is 11.8 Å². The maximum absolute atomic E-state index is 11.3. The van der Waals surface area contributed by atoms with E-state index in [9.17, 15) is 9.90 Å². The molecule has 4 nitrogen and oxygen atoms in total. The molecule has 0 aromatic heterocycles. The Morgan fingerprint density at radius 2 is 2.15 bits per heavy atom. The van der Waals surface area contributed by atoms with Crippen molar-refractivity contribution in [2.75, 3.05) is 7.05 Å². The molecule has 1 aromatic carbocycles. The van der Waals surface area contributed by atoms with Gasteiger partial charge in [-0.2, -0.15) is 0 Å². The third-order valence-corrected chi connectivity index (χ3v) is 5.04. The highest BCUT2D eigenvalue weighted by atomic mass is 32.2. The molecule has 1 saturated heterocycles. The monoisotopic (exact) mass is 292 g/mol. The summed E-state index contributed by atoms with van der Waals surface area (Å²) < 4.78 is 0. The lowest BCUT2D eigenvalue weighted by Crippen LogP contribution is -2.45. The summed E-state index contributed by atoms with van der Waals surface area (Å²) in [5.74, 6) is 0.116. The van der Waals surface area contributed by atoms with Gasteiger partial charge in [0.1, 0.15) is 11.5 Å². The largest absolute Gasteiger partial charge is 0.370 e. The summed E-state index contributed by atoms with van der Waals surface area (Å²) in [6, 6.07) is 7.63. The van der Waals surface area contributed by atoms with Gasteiger partial charge in [-0.25, -0.2) is 4.99 Å². The van der Waals surface area contributed by atoms with E-state index in [-0.39, 0.29) is 11.0 Å². The van der Waals surface area contributed by atoms with Crippen LogP contribution in [0.25, 0.3) is 0 Å². The average molecular weight is 292 g/mol. The Morgan fingerprint density at radius 1 is 1.50 bits per heavy atom. The van der Waals surface area contributed by atoms with E-state index in [0.717, 1.165) is 16.4 Å². The van der Waals surface area contributed by atoms with E-state index in [2.05, 4.69) is 4.99 Å². The normalized spacial score (nSPS) is 28.1. The summed E-state index contributed by atoms with van der Waals surface area (Å²) >= 11 is 1.54. The fourth-order valence-corrected chi connectivity index (χ4v) is 3.25. The molecule has 0 bridgehead atoms. The number of para-hydroxylation sites is 1. The molecule has 1 aliphatic heterocycles. The van der Waals surface area contributed by atoms with Crippen molar-refractivity contribution in [2.24, 2.45) is 4.99 Å². The van der Waals surface area contributed by atoms with Crippen molar-refractivity contribution in [3.8, 4) is 0 Å². The molecule has 1 fully saturated rings. The first-order valence-electron chi connectivity index (χ1n) is 6.61. The first-order chi connectivity index (χ1) is 9.32. The van der Waals surface area contributed by atoms with Gasteiger partial charge in [0.25, 0.3) is 0 Å². The lowest BCUT2D eigenvalue weighted by atomic mass is 10.1. The number of hydrogen-bond donors (Lipinski definition) is 1. The summed E-state index contributed by atoms with van der Waals surface area (Å²) in [5, 5.41) is 11.2. The van der Waals surface area contributed by atoms with E-state index in [0.29, 0.717) is 6.42 Å². The van der Waals surface area contributed by atoms with Gasteiger partial charge in [-0.05, 0) is 32.4 Å². The number of benzene rings is 1. The second kappa shape index (κ2) is 5.58. The molecular weight excluding hydrogens is 272 g/mol. The number of aliphatic imine (C=N–C) groups is 1. The van der Waals surface area contributed by atoms with Crippen molar-refractivity contribution < 1.29 is 9.90 Å². The van der Waals surface area contributed by atoms with Crippen LogP contribution in [0.2, 0.25) is 0 Å². The maximum atomic E-state index is 11.3. The van der Waals surface area contributed by atoms with Crippen LogP contribution in [0.4, 0.5) is 5.69 Å². The number of ketones is 1. The number of hydrogen-bond acceptors (Lipinski definition) is 4. The molecular formula is C15H20N2O2S. The molecule has 108 valence electrons. The van der Waals surface area contributed by atoms with Crippen LogP contribution in [0, 0.1) is 0 Å². The van der Waals surface area contributed by atoms with Crippen molar-refractivity contribution in [1.82, 2.24) is 4.90 Å².